The molecule has 5 nitrogen and oxygen atoms in total. The van der Waals surface area contributed by atoms with Crippen molar-refractivity contribution in [3.63, 3.8) is 0 Å². The maximum Gasteiger partial charge on any atom is 0.370 e. The van der Waals surface area contributed by atoms with Gasteiger partial charge in [0.25, 0.3) is 0 Å². The molecule has 0 bridgehead atoms. The van der Waals surface area contributed by atoms with Crippen LogP contribution in [-0.4, -0.2) is 29.3 Å². The van der Waals surface area contributed by atoms with Crippen molar-refractivity contribution in [3.8, 4) is 0 Å². The minimum Gasteiger partial charge on any atom is -0.478 e. The van der Waals surface area contributed by atoms with Gasteiger partial charge in [-0.1, -0.05) is 6.58 Å². The lowest BCUT2D eigenvalue weighted by Crippen LogP contribution is -2.28. The monoisotopic (exact) mass is 230 g/mol. The highest BCUT2D eigenvalue weighted by atomic mass is 32.2. The Morgan fingerprint density at radius 3 is 2.14 bits per heavy atom. The summed E-state index contributed by atoms with van der Waals surface area (Å²) in [5, 5.41) is 3.88. The summed E-state index contributed by atoms with van der Waals surface area (Å²) in [6, 6.07) is 0. The van der Waals surface area contributed by atoms with Gasteiger partial charge in [-0.3, -0.25) is 4.55 Å². The van der Waals surface area contributed by atoms with Crippen LogP contribution in [0, 0.1) is 0 Å². The van der Waals surface area contributed by atoms with Gasteiger partial charge in [-0.2, -0.15) is 17.2 Å². The molecule has 0 rings (SSSR count). The number of carboxylic acid groups (broad SMARTS) is 1. The quantitative estimate of drug-likeness (QED) is 0.540. The number of rotatable bonds is 5. The normalized spacial score (nSPS) is 12.5. The number of hydrogen-bond donors (Lipinski definition) is 2. The predicted molar refractivity (Wildman–Crippen MR) is 42.5 cm³/mol. The number of alkyl halides is 2. The van der Waals surface area contributed by atoms with Gasteiger partial charge in [-0.05, 0) is 6.42 Å². The second-order valence-corrected chi connectivity index (χ2v) is 4.07. The molecule has 0 spiro atoms. The van der Waals surface area contributed by atoms with Gasteiger partial charge in [0.1, 0.15) is 0 Å². The molecule has 2 N–H and O–H groups in total. The van der Waals surface area contributed by atoms with E-state index in [0.29, 0.717) is 0 Å². The molecule has 0 saturated heterocycles. The smallest absolute Gasteiger partial charge is 0.370 e. The van der Waals surface area contributed by atoms with Crippen LogP contribution in [0.4, 0.5) is 8.78 Å². The molecule has 0 aliphatic heterocycles. The molecule has 0 aromatic rings. The van der Waals surface area contributed by atoms with E-state index < -0.39 is 39.8 Å². The molecule has 0 aromatic carbocycles. The molecular formula is C6H8F2O5S. The zero-order valence-electron chi connectivity index (χ0n) is 6.90. The van der Waals surface area contributed by atoms with Crippen LogP contribution in [0.3, 0.4) is 0 Å². The number of hydrogen-bond acceptors (Lipinski definition) is 3. The fourth-order valence-electron chi connectivity index (χ4n) is 0.532. The Hall–Kier alpha value is -1.02. The van der Waals surface area contributed by atoms with E-state index in [2.05, 4.69) is 6.58 Å². The first-order valence-electron chi connectivity index (χ1n) is 3.34. The van der Waals surface area contributed by atoms with Crippen molar-refractivity contribution in [2.75, 3.05) is 0 Å². The van der Waals surface area contributed by atoms with E-state index in [4.69, 9.17) is 9.66 Å². The van der Waals surface area contributed by atoms with Crippen molar-refractivity contribution in [2.45, 2.75) is 18.1 Å². The maximum atomic E-state index is 12.5. The highest BCUT2D eigenvalue weighted by Crippen LogP contribution is 2.27. The molecule has 0 fully saturated rings. The fraction of sp³-hybridized carbons (Fsp3) is 0.500. The van der Waals surface area contributed by atoms with E-state index in [1.54, 1.807) is 0 Å². The summed E-state index contributed by atoms with van der Waals surface area (Å²) in [5.74, 6) is -1.49. The van der Waals surface area contributed by atoms with Gasteiger partial charge < -0.3 is 5.11 Å². The van der Waals surface area contributed by atoms with Crippen molar-refractivity contribution < 1.29 is 31.7 Å². The third-order valence-electron chi connectivity index (χ3n) is 1.40. The maximum absolute atomic E-state index is 12.5. The molecule has 0 saturated carbocycles. The minimum atomic E-state index is -5.49. The summed E-state index contributed by atoms with van der Waals surface area (Å²) in [6.45, 7) is 2.93. The molecule has 82 valence electrons. The summed E-state index contributed by atoms with van der Waals surface area (Å²) < 4.78 is 53.1. The summed E-state index contributed by atoms with van der Waals surface area (Å²) in [4.78, 5) is 10.1. The predicted octanol–water partition coefficient (Wildman–Crippen LogP) is 0.888. The lowest BCUT2D eigenvalue weighted by atomic mass is 10.2. The third kappa shape index (κ3) is 3.38. The highest BCUT2D eigenvalue weighted by Gasteiger charge is 2.43. The average Bonchev–Trinajstić information content (AvgIpc) is 1.97. The van der Waals surface area contributed by atoms with Gasteiger partial charge >= 0.3 is 21.3 Å². The summed E-state index contributed by atoms with van der Waals surface area (Å²) in [5.41, 5.74) is -0.548. The highest BCUT2D eigenvalue weighted by molar-refractivity contribution is 7.86. The SMILES string of the molecule is C=C(CCC(F)(F)S(=O)(=O)O)C(=O)O. The number of carboxylic acids is 1. The van der Waals surface area contributed by atoms with Gasteiger partial charge in [0.2, 0.25) is 0 Å². The first kappa shape index (κ1) is 13.0. The molecule has 14 heavy (non-hydrogen) atoms. The topological polar surface area (TPSA) is 91.7 Å². The Bertz CT molecular complexity index is 345. The second kappa shape index (κ2) is 4.01. The van der Waals surface area contributed by atoms with Crippen LogP contribution in [0.5, 0.6) is 0 Å². The second-order valence-electron chi connectivity index (χ2n) is 2.52. The van der Waals surface area contributed by atoms with Crippen LogP contribution >= 0.6 is 0 Å². The first-order chi connectivity index (χ1) is 6.08. The molecule has 0 aromatic heterocycles. The first-order valence-corrected chi connectivity index (χ1v) is 4.78. The molecule has 0 aliphatic rings. The van der Waals surface area contributed by atoms with Crippen LogP contribution in [0.2, 0.25) is 0 Å². The number of carbonyl (C=O) groups is 1. The van der Waals surface area contributed by atoms with Gasteiger partial charge in [0.15, 0.2) is 0 Å². The van der Waals surface area contributed by atoms with Gasteiger partial charge in [-0.15, -0.1) is 0 Å². The largest absolute Gasteiger partial charge is 0.478 e. The zero-order valence-corrected chi connectivity index (χ0v) is 7.72. The van der Waals surface area contributed by atoms with Crippen LogP contribution < -0.4 is 0 Å². The van der Waals surface area contributed by atoms with Crippen molar-refractivity contribution in [2.24, 2.45) is 0 Å². The average molecular weight is 230 g/mol. The zero-order chi connectivity index (χ0) is 11.6. The van der Waals surface area contributed by atoms with Gasteiger partial charge in [0, 0.05) is 12.0 Å². The summed E-state index contributed by atoms with van der Waals surface area (Å²) in [6.07, 6.45) is -2.03. The summed E-state index contributed by atoms with van der Waals surface area (Å²) in [7, 11) is -5.49. The van der Waals surface area contributed by atoms with Crippen LogP contribution in [0.15, 0.2) is 12.2 Å². The van der Waals surface area contributed by atoms with Crippen LogP contribution in [-0.2, 0) is 14.9 Å². The Morgan fingerprint density at radius 2 is 1.86 bits per heavy atom. The van der Waals surface area contributed by atoms with E-state index in [1.807, 2.05) is 0 Å². The van der Waals surface area contributed by atoms with E-state index in [1.165, 1.54) is 0 Å². The van der Waals surface area contributed by atoms with Crippen molar-refractivity contribution in [3.05, 3.63) is 12.2 Å². The lowest BCUT2D eigenvalue weighted by molar-refractivity contribution is -0.132. The molecular weight excluding hydrogens is 222 g/mol. The standard InChI is InChI=1S/C6H8F2O5S/c1-4(5(9)10)2-3-6(7,8)14(11,12)13/h1-3H2,(H,9,10)(H,11,12,13). The lowest BCUT2D eigenvalue weighted by Gasteiger charge is -2.11. The Balaban J connectivity index is 4.42. The fourth-order valence-corrected chi connectivity index (χ4v) is 0.892. The molecule has 0 heterocycles. The molecule has 8 heteroatoms. The van der Waals surface area contributed by atoms with Crippen molar-refractivity contribution in [1.82, 2.24) is 0 Å². The van der Waals surface area contributed by atoms with Gasteiger partial charge in [-0.25, -0.2) is 4.79 Å². The molecule has 0 unspecified atom stereocenters. The molecule has 0 aliphatic carbocycles. The van der Waals surface area contributed by atoms with E-state index in [-0.39, 0.29) is 0 Å². The van der Waals surface area contributed by atoms with Crippen LogP contribution in [0.1, 0.15) is 12.8 Å². The third-order valence-corrected chi connectivity index (χ3v) is 2.36. The minimum absolute atomic E-state index is 0.548. The molecule has 0 radical (unpaired) electrons. The van der Waals surface area contributed by atoms with Crippen molar-refractivity contribution in [1.29, 1.82) is 0 Å². The number of aliphatic carboxylic acids is 1. The van der Waals surface area contributed by atoms with E-state index in [9.17, 15) is 22.0 Å². The van der Waals surface area contributed by atoms with Crippen molar-refractivity contribution >= 4 is 16.1 Å². The Kier molecular flexibility index (Phi) is 3.72. The Labute approximate surface area is 78.8 Å². The molecule has 0 amide bonds. The Morgan fingerprint density at radius 1 is 1.43 bits per heavy atom. The van der Waals surface area contributed by atoms with E-state index >= 15 is 0 Å². The summed E-state index contributed by atoms with van der Waals surface area (Å²) >= 11 is 0. The van der Waals surface area contributed by atoms with E-state index in [0.717, 1.165) is 0 Å². The van der Waals surface area contributed by atoms with Crippen LogP contribution in [0.25, 0.3) is 0 Å². The van der Waals surface area contributed by atoms with Gasteiger partial charge in [0.05, 0.1) is 0 Å². The number of halogens is 2. The molecule has 0 atom stereocenters.